The molecule has 1 saturated carbocycles. The van der Waals surface area contributed by atoms with Crippen molar-refractivity contribution in [3.8, 4) is 6.07 Å². The maximum atomic E-state index is 14.2. The number of aliphatic carboxylic acids is 1. The molecule has 0 amide bonds. The molecular weight excluding hydrogens is 315 g/mol. The van der Waals surface area contributed by atoms with Crippen LogP contribution in [0.5, 0.6) is 0 Å². The summed E-state index contributed by atoms with van der Waals surface area (Å²) in [5, 5.41) is 17.7. The van der Waals surface area contributed by atoms with E-state index in [0.717, 1.165) is 12.8 Å². The number of benzene rings is 1. The fraction of sp³-hybridized carbons (Fsp3) is 0.385. The lowest BCUT2D eigenvalue weighted by atomic mass is 10.2. The quantitative estimate of drug-likeness (QED) is 0.903. The third-order valence-electron chi connectivity index (χ3n) is 3.02. The minimum Gasteiger partial charge on any atom is -0.480 e. The summed E-state index contributed by atoms with van der Waals surface area (Å²) in [4.78, 5) is 12.4. The summed E-state index contributed by atoms with van der Waals surface area (Å²) in [5.41, 5.74) is 0.420. The first-order chi connectivity index (χ1) is 9.02. The summed E-state index contributed by atoms with van der Waals surface area (Å²) >= 11 is 3.04. The van der Waals surface area contributed by atoms with E-state index in [1.54, 1.807) is 0 Å². The fourth-order valence-electron chi connectivity index (χ4n) is 1.89. The van der Waals surface area contributed by atoms with Crippen LogP contribution in [0.4, 0.5) is 10.1 Å². The van der Waals surface area contributed by atoms with E-state index in [-0.39, 0.29) is 22.3 Å². The third-order valence-corrected chi connectivity index (χ3v) is 3.80. The van der Waals surface area contributed by atoms with Crippen molar-refractivity contribution in [1.82, 2.24) is 0 Å². The van der Waals surface area contributed by atoms with E-state index in [1.807, 2.05) is 6.07 Å². The first-order valence-corrected chi connectivity index (χ1v) is 6.67. The van der Waals surface area contributed by atoms with Crippen molar-refractivity contribution >= 4 is 27.6 Å². The van der Waals surface area contributed by atoms with E-state index >= 15 is 0 Å². The predicted octanol–water partition coefficient (Wildman–Crippen LogP) is 2.76. The van der Waals surface area contributed by atoms with Gasteiger partial charge < -0.3 is 10.0 Å². The Balaban J connectivity index is 2.32. The molecule has 0 unspecified atom stereocenters. The van der Waals surface area contributed by atoms with Crippen LogP contribution in [0.25, 0.3) is 0 Å². The molecule has 0 atom stereocenters. The van der Waals surface area contributed by atoms with Gasteiger partial charge in [0.25, 0.3) is 0 Å². The zero-order valence-electron chi connectivity index (χ0n) is 10.1. The van der Waals surface area contributed by atoms with Crippen LogP contribution in [0.3, 0.4) is 0 Å². The predicted molar refractivity (Wildman–Crippen MR) is 71.4 cm³/mol. The molecule has 0 radical (unpaired) electrons. The van der Waals surface area contributed by atoms with Gasteiger partial charge in [-0.25, -0.2) is 4.39 Å². The van der Waals surface area contributed by atoms with E-state index in [4.69, 9.17) is 10.4 Å². The number of hydrogen-bond donors (Lipinski definition) is 1. The van der Waals surface area contributed by atoms with Crippen LogP contribution in [-0.2, 0) is 4.79 Å². The van der Waals surface area contributed by atoms with Crippen molar-refractivity contribution < 1.29 is 14.3 Å². The zero-order chi connectivity index (χ0) is 14.0. The van der Waals surface area contributed by atoms with Crippen LogP contribution in [0.2, 0.25) is 0 Å². The fourth-order valence-corrected chi connectivity index (χ4v) is 2.32. The van der Waals surface area contributed by atoms with Gasteiger partial charge in [-0.2, -0.15) is 5.26 Å². The zero-order valence-corrected chi connectivity index (χ0v) is 11.7. The molecule has 100 valence electrons. The van der Waals surface area contributed by atoms with Crippen molar-refractivity contribution in [3.05, 3.63) is 28.0 Å². The molecule has 6 heteroatoms. The van der Waals surface area contributed by atoms with Crippen LogP contribution >= 0.6 is 15.9 Å². The second-order valence-corrected chi connectivity index (χ2v) is 5.38. The molecule has 1 aromatic carbocycles. The van der Waals surface area contributed by atoms with Crippen LogP contribution < -0.4 is 4.90 Å². The Kier molecular flexibility index (Phi) is 4.05. The van der Waals surface area contributed by atoms with E-state index in [0.29, 0.717) is 12.5 Å². The Morgan fingerprint density at radius 2 is 2.26 bits per heavy atom. The number of rotatable bonds is 5. The lowest BCUT2D eigenvalue weighted by Gasteiger charge is -2.23. The SMILES string of the molecule is N#Cc1ccc(N(CC(=O)O)CC2CC2)c(F)c1Br. The van der Waals surface area contributed by atoms with Crippen molar-refractivity contribution in [2.24, 2.45) is 5.92 Å². The van der Waals surface area contributed by atoms with Crippen molar-refractivity contribution in [3.63, 3.8) is 0 Å². The van der Waals surface area contributed by atoms with Gasteiger partial charge in [-0.3, -0.25) is 4.79 Å². The van der Waals surface area contributed by atoms with Crippen LogP contribution in [-0.4, -0.2) is 24.2 Å². The lowest BCUT2D eigenvalue weighted by Crippen LogP contribution is -2.32. The molecule has 0 aliphatic heterocycles. The van der Waals surface area contributed by atoms with E-state index in [2.05, 4.69) is 15.9 Å². The van der Waals surface area contributed by atoms with Gasteiger partial charge in [-0.15, -0.1) is 0 Å². The average Bonchev–Trinajstić information content (AvgIpc) is 3.15. The van der Waals surface area contributed by atoms with E-state index in [1.165, 1.54) is 17.0 Å². The molecule has 0 aromatic heterocycles. The van der Waals surface area contributed by atoms with Crippen molar-refractivity contribution in [2.45, 2.75) is 12.8 Å². The summed E-state index contributed by atoms with van der Waals surface area (Å²) in [6.45, 7) is 0.285. The number of nitrogens with zero attached hydrogens (tertiary/aromatic N) is 2. The minimum atomic E-state index is -1.000. The molecule has 1 aliphatic carbocycles. The highest BCUT2D eigenvalue weighted by Gasteiger charge is 2.27. The van der Waals surface area contributed by atoms with Crippen LogP contribution in [0, 0.1) is 23.1 Å². The number of carbonyl (C=O) groups is 1. The van der Waals surface area contributed by atoms with Gasteiger partial charge in [-0.05, 0) is 46.8 Å². The molecule has 0 bridgehead atoms. The highest BCUT2D eigenvalue weighted by Crippen LogP contribution is 2.34. The second kappa shape index (κ2) is 5.57. The summed E-state index contributed by atoms with van der Waals surface area (Å²) in [5.74, 6) is -1.14. The maximum absolute atomic E-state index is 14.2. The Morgan fingerprint density at radius 1 is 1.58 bits per heavy atom. The molecule has 1 aliphatic rings. The van der Waals surface area contributed by atoms with Gasteiger partial charge in [0, 0.05) is 6.54 Å². The smallest absolute Gasteiger partial charge is 0.323 e. The number of anilines is 1. The van der Waals surface area contributed by atoms with Gasteiger partial charge in [0.15, 0.2) is 5.82 Å². The van der Waals surface area contributed by atoms with E-state index in [9.17, 15) is 9.18 Å². The number of nitriles is 1. The van der Waals surface area contributed by atoms with Crippen molar-refractivity contribution in [1.29, 1.82) is 5.26 Å². The molecule has 0 spiro atoms. The first kappa shape index (κ1) is 13.8. The van der Waals surface area contributed by atoms with Gasteiger partial charge >= 0.3 is 5.97 Å². The molecule has 2 rings (SSSR count). The Bertz CT molecular complexity index is 552. The second-order valence-electron chi connectivity index (χ2n) is 4.59. The molecule has 4 nitrogen and oxygen atoms in total. The molecule has 19 heavy (non-hydrogen) atoms. The molecule has 1 aromatic rings. The highest BCUT2D eigenvalue weighted by atomic mass is 79.9. The monoisotopic (exact) mass is 326 g/mol. The summed E-state index contributed by atoms with van der Waals surface area (Å²) in [6.07, 6.45) is 2.10. The molecular formula is C13H12BrFN2O2. The normalized spacial score (nSPS) is 13.9. The largest absolute Gasteiger partial charge is 0.480 e. The van der Waals surface area contributed by atoms with Gasteiger partial charge in [0.2, 0.25) is 0 Å². The topological polar surface area (TPSA) is 64.3 Å². The third kappa shape index (κ3) is 3.24. The Hall–Kier alpha value is -1.61. The maximum Gasteiger partial charge on any atom is 0.323 e. The summed E-state index contributed by atoms with van der Waals surface area (Å²) in [7, 11) is 0. The number of hydrogen-bond acceptors (Lipinski definition) is 3. The molecule has 0 heterocycles. The van der Waals surface area contributed by atoms with Crippen LogP contribution in [0.1, 0.15) is 18.4 Å². The highest BCUT2D eigenvalue weighted by molar-refractivity contribution is 9.10. The number of halogens is 2. The van der Waals surface area contributed by atoms with E-state index < -0.39 is 11.8 Å². The van der Waals surface area contributed by atoms with Crippen LogP contribution in [0.15, 0.2) is 16.6 Å². The van der Waals surface area contributed by atoms with Gasteiger partial charge in [0.1, 0.15) is 12.6 Å². The van der Waals surface area contributed by atoms with Gasteiger partial charge in [-0.1, -0.05) is 0 Å². The molecule has 1 fully saturated rings. The number of carboxylic acids is 1. The summed E-state index contributed by atoms with van der Waals surface area (Å²) < 4.78 is 14.3. The number of carboxylic acid groups (broad SMARTS) is 1. The standard InChI is InChI=1S/C13H12BrFN2O2/c14-12-9(5-16)3-4-10(13(12)15)17(7-11(18)19)6-8-1-2-8/h3-4,8H,1-2,6-7H2,(H,18,19). The van der Waals surface area contributed by atoms with Crippen molar-refractivity contribution in [2.75, 3.05) is 18.0 Å². The molecule has 1 N–H and O–H groups in total. The molecule has 0 saturated heterocycles. The Labute approximate surface area is 118 Å². The Morgan fingerprint density at radius 3 is 2.79 bits per heavy atom. The minimum absolute atomic E-state index is 0.0821. The lowest BCUT2D eigenvalue weighted by molar-refractivity contribution is -0.135. The first-order valence-electron chi connectivity index (χ1n) is 5.87. The van der Waals surface area contributed by atoms with Gasteiger partial charge in [0.05, 0.1) is 15.7 Å². The average molecular weight is 327 g/mol. The summed E-state index contributed by atoms with van der Waals surface area (Å²) in [6, 6.07) is 4.83.